The number of hydrogen-bond donors (Lipinski definition) is 4. The minimum absolute atomic E-state index is 0.123. The highest BCUT2D eigenvalue weighted by molar-refractivity contribution is 5.94. The van der Waals surface area contributed by atoms with Crippen molar-refractivity contribution in [2.45, 2.75) is 25.3 Å². The van der Waals surface area contributed by atoms with Crippen molar-refractivity contribution in [2.75, 3.05) is 50.4 Å². The van der Waals surface area contributed by atoms with Gasteiger partial charge >= 0.3 is 0 Å². The highest BCUT2D eigenvalue weighted by Crippen LogP contribution is 2.31. The summed E-state index contributed by atoms with van der Waals surface area (Å²) >= 11 is 0. The van der Waals surface area contributed by atoms with Crippen LogP contribution in [0.3, 0.4) is 0 Å². The number of azo groups is 1. The molecule has 0 unspecified atom stereocenters. The Balaban J connectivity index is 1.60. The average molecular weight is 483 g/mol. The van der Waals surface area contributed by atoms with Crippen LogP contribution in [-0.4, -0.2) is 61.2 Å². The van der Waals surface area contributed by atoms with Crippen molar-refractivity contribution in [1.29, 1.82) is 0 Å². The fraction of sp³-hybridized carbons (Fsp3) is 0.417. The molecule has 3 rings (SSSR count). The molecular formula is C24H34N8O3. The molecule has 1 atom stereocenters. The molecule has 1 aliphatic heterocycles. The topological polar surface area (TPSA) is 166 Å². The fourth-order valence-electron chi connectivity index (χ4n) is 3.41. The molecule has 1 aliphatic rings. The van der Waals surface area contributed by atoms with Gasteiger partial charge in [0.2, 0.25) is 5.91 Å². The molecule has 0 saturated carbocycles. The zero-order valence-corrected chi connectivity index (χ0v) is 19.9. The molecule has 1 fully saturated rings. The predicted molar refractivity (Wildman–Crippen MR) is 136 cm³/mol. The molecule has 11 heteroatoms. The van der Waals surface area contributed by atoms with Gasteiger partial charge in [0.15, 0.2) is 11.6 Å². The van der Waals surface area contributed by atoms with Gasteiger partial charge in [0.05, 0.1) is 25.8 Å². The molecule has 0 spiro atoms. The zero-order chi connectivity index (χ0) is 25.0. The highest BCUT2D eigenvalue weighted by atomic mass is 16.5. The van der Waals surface area contributed by atoms with Crippen molar-refractivity contribution >= 4 is 28.9 Å². The number of rotatable bonds is 12. The number of nitrogens with two attached hydrogens (primary N) is 3. The quantitative estimate of drug-likeness (QED) is 0.203. The van der Waals surface area contributed by atoms with E-state index in [4.69, 9.17) is 26.7 Å². The van der Waals surface area contributed by atoms with Crippen LogP contribution in [0.15, 0.2) is 59.0 Å². The summed E-state index contributed by atoms with van der Waals surface area (Å²) in [6, 6.07) is 9.86. The normalized spacial score (nSPS) is 15.1. The predicted octanol–water partition coefficient (Wildman–Crippen LogP) is 2.70. The minimum atomic E-state index is -0.640. The molecule has 0 radical (unpaired) electrons. The monoisotopic (exact) mass is 482 g/mol. The lowest BCUT2D eigenvalue weighted by Crippen LogP contribution is -2.37. The number of hydrogen-bond acceptors (Lipinski definition) is 10. The second-order valence-electron chi connectivity index (χ2n) is 8.18. The van der Waals surface area contributed by atoms with E-state index in [0.29, 0.717) is 61.4 Å². The number of nitrogens with one attached hydrogen (secondary N) is 1. The van der Waals surface area contributed by atoms with Gasteiger partial charge in [-0.3, -0.25) is 9.69 Å². The number of nitrogens with zero attached hydrogens (tertiary/aromatic N) is 4. The standard InChI is InChI=1S/C24H34N8O3/c1-17(16-32-12-14-34-15-13-32)35-21-8-3-2-7-19(21)30-31-20-9-10-22(28-23(20)27)29-24(33)18(26)6-4-5-11-25/h2-3,7-10,18H,1,4-6,11-16,25-26H2,(H3,27,28,29,33)/t18-/m0/s1. The second kappa shape index (κ2) is 13.5. The van der Waals surface area contributed by atoms with Crippen molar-refractivity contribution in [1.82, 2.24) is 9.88 Å². The Hall–Kier alpha value is -3.38. The van der Waals surface area contributed by atoms with E-state index < -0.39 is 6.04 Å². The summed E-state index contributed by atoms with van der Waals surface area (Å²) in [6.07, 6.45) is 2.15. The van der Waals surface area contributed by atoms with Gasteiger partial charge in [-0.15, -0.1) is 10.2 Å². The molecule has 2 aromatic rings. The molecule has 1 saturated heterocycles. The largest absolute Gasteiger partial charge is 0.459 e. The molecule has 1 aromatic carbocycles. The maximum Gasteiger partial charge on any atom is 0.242 e. The van der Waals surface area contributed by atoms with Crippen molar-refractivity contribution in [2.24, 2.45) is 21.7 Å². The zero-order valence-electron chi connectivity index (χ0n) is 19.9. The average Bonchev–Trinajstić information content (AvgIpc) is 2.85. The Morgan fingerprint density at radius 1 is 1.17 bits per heavy atom. The maximum atomic E-state index is 12.2. The third-order valence-electron chi connectivity index (χ3n) is 5.35. The van der Waals surface area contributed by atoms with Crippen LogP contribution >= 0.6 is 0 Å². The molecule has 7 N–H and O–H groups in total. The number of pyridine rings is 1. The van der Waals surface area contributed by atoms with Crippen LogP contribution in [0.2, 0.25) is 0 Å². The molecule has 11 nitrogen and oxygen atoms in total. The van der Waals surface area contributed by atoms with Gasteiger partial charge in [0, 0.05) is 13.1 Å². The number of para-hydroxylation sites is 1. The summed E-state index contributed by atoms with van der Waals surface area (Å²) in [7, 11) is 0. The first-order valence-corrected chi connectivity index (χ1v) is 11.7. The molecular weight excluding hydrogens is 448 g/mol. The SMILES string of the molecule is C=C(CN1CCOCC1)Oc1ccccc1N=Nc1ccc(NC(=O)[C@@H](N)CCCCN)nc1N. The highest BCUT2D eigenvalue weighted by Gasteiger charge is 2.15. The number of ether oxygens (including phenoxy) is 2. The Kier molecular flexibility index (Phi) is 10.1. The van der Waals surface area contributed by atoms with Crippen molar-refractivity contribution in [3.63, 3.8) is 0 Å². The van der Waals surface area contributed by atoms with E-state index in [1.807, 2.05) is 12.1 Å². The van der Waals surface area contributed by atoms with E-state index in [9.17, 15) is 4.79 Å². The second-order valence-corrected chi connectivity index (χ2v) is 8.18. The molecule has 35 heavy (non-hydrogen) atoms. The van der Waals surface area contributed by atoms with E-state index >= 15 is 0 Å². The Bertz CT molecular complexity index is 1020. The van der Waals surface area contributed by atoms with Crippen LogP contribution in [0.1, 0.15) is 19.3 Å². The number of carbonyl (C=O) groups is 1. The van der Waals surface area contributed by atoms with E-state index in [-0.39, 0.29) is 11.7 Å². The summed E-state index contributed by atoms with van der Waals surface area (Å²) in [5.41, 5.74) is 18.3. The van der Waals surface area contributed by atoms with Gasteiger partial charge in [-0.05, 0) is 43.7 Å². The summed E-state index contributed by atoms with van der Waals surface area (Å²) in [5.74, 6) is 1.24. The fourth-order valence-corrected chi connectivity index (χ4v) is 3.41. The van der Waals surface area contributed by atoms with E-state index in [0.717, 1.165) is 25.9 Å². The lowest BCUT2D eigenvalue weighted by Gasteiger charge is -2.27. The van der Waals surface area contributed by atoms with Crippen LogP contribution in [0.5, 0.6) is 5.75 Å². The minimum Gasteiger partial charge on any atom is -0.459 e. The van der Waals surface area contributed by atoms with Crippen molar-refractivity contribution in [3.8, 4) is 5.75 Å². The third-order valence-corrected chi connectivity index (χ3v) is 5.35. The molecule has 0 bridgehead atoms. The molecule has 1 aromatic heterocycles. The Morgan fingerprint density at radius 2 is 1.91 bits per heavy atom. The maximum absolute atomic E-state index is 12.2. The third kappa shape index (κ3) is 8.41. The number of anilines is 2. The van der Waals surface area contributed by atoms with E-state index in [1.165, 1.54) is 0 Å². The molecule has 0 aliphatic carbocycles. The van der Waals surface area contributed by atoms with Gasteiger partial charge < -0.3 is 32.0 Å². The van der Waals surface area contributed by atoms with Gasteiger partial charge in [0.25, 0.3) is 0 Å². The Labute approximate surface area is 205 Å². The summed E-state index contributed by atoms with van der Waals surface area (Å²) in [6.45, 7) is 8.30. The number of benzene rings is 1. The van der Waals surface area contributed by atoms with E-state index in [2.05, 4.69) is 32.0 Å². The number of amides is 1. The number of carbonyl (C=O) groups excluding carboxylic acids is 1. The van der Waals surface area contributed by atoms with Gasteiger partial charge in [-0.25, -0.2) is 4.98 Å². The van der Waals surface area contributed by atoms with E-state index in [1.54, 1.807) is 24.3 Å². The lowest BCUT2D eigenvalue weighted by atomic mass is 10.1. The summed E-state index contributed by atoms with van der Waals surface area (Å²) < 4.78 is 11.3. The van der Waals surface area contributed by atoms with Crippen LogP contribution in [0.4, 0.5) is 23.0 Å². The summed E-state index contributed by atoms with van der Waals surface area (Å²) in [4.78, 5) is 18.7. The number of aromatic nitrogens is 1. The van der Waals surface area contributed by atoms with Gasteiger partial charge in [-0.2, -0.15) is 0 Å². The Morgan fingerprint density at radius 3 is 2.66 bits per heavy atom. The van der Waals surface area contributed by atoms with Crippen LogP contribution in [-0.2, 0) is 9.53 Å². The first kappa shape index (κ1) is 26.2. The number of nitrogen functional groups attached to an aromatic ring is 1. The molecule has 1 amide bonds. The smallest absolute Gasteiger partial charge is 0.242 e. The van der Waals surface area contributed by atoms with Crippen LogP contribution in [0.25, 0.3) is 0 Å². The summed E-state index contributed by atoms with van der Waals surface area (Å²) in [5, 5.41) is 11.2. The van der Waals surface area contributed by atoms with Crippen LogP contribution < -0.4 is 27.3 Å². The first-order chi connectivity index (χ1) is 17.0. The molecule has 188 valence electrons. The molecule has 2 heterocycles. The van der Waals surface area contributed by atoms with Gasteiger partial charge in [0.1, 0.15) is 23.0 Å². The van der Waals surface area contributed by atoms with Crippen LogP contribution in [0, 0.1) is 0 Å². The first-order valence-electron chi connectivity index (χ1n) is 11.7. The van der Waals surface area contributed by atoms with Crippen molar-refractivity contribution in [3.05, 3.63) is 48.7 Å². The number of unbranched alkanes of at least 4 members (excludes halogenated alkanes) is 1. The van der Waals surface area contributed by atoms with Gasteiger partial charge in [-0.1, -0.05) is 25.1 Å². The number of morpholine rings is 1. The van der Waals surface area contributed by atoms with Crippen molar-refractivity contribution < 1.29 is 14.3 Å². The lowest BCUT2D eigenvalue weighted by molar-refractivity contribution is -0.117.